The molecule has 0 fully saturated rings. The quantitative estimate of drug-likeness (QED) is 0.752. The Balaban J connectivity index is 2.57. The molecule has 13 heavy (non-hydrogen) atoms. The molecule has 0 saturated heterocycles. The highest BCUT2D eigenvalue weighted by Crippen LogP contribution is 2.15. The number of hydrogen-bond acceptors (Lipinski definition) is 2. The topological polar surface area (TPSA) is 43.8 Å². The maximum atomic E-state index is 5.61. The van der Waals surface area contributed by atoms with E-state index in [0.29, 0.717) is 12.6 Å². The molecule has 3 nitrogen and oxygen atoms in total. The first kappa shape index (κ1) is 8.26. The third kappa shape index (κ3) is 1.31. The van der Waals surface area contributed by atoms with Crippen molar-refractivity contribution in [2.75, 3.05) is 6.54 Å². The molecule has 2 rings (SSSR count). The Labute approximate surface area is 77.2 Å². The molecule has 0 spiro atoms. The average molecular weight is 175 g/mol. The fourth-order valence-electron chi connectivity index (χ4n) is 1.44. The van der Waals surface area contributed by atoms with E-state index in [-0.39, 0.29) is 0 Å². The lowest BCUT2D eigenvalue weighted by Crippen LogP contribution is -2.14. The third-order valence-electron chi connectivity index (χ3n) is 2.30. The lowest BCUT2D eigenvalue weighted by molar-refractivity contribution is 0.573. The first-order valence-corrected chi connectivity index (χ1v) is 4.44. The van der Waals surface area contributed by atoms with E-state index in [1.54, 1.807) is 0 Å². The molecule has 68 valence electrons. The maximum Gasteiger partial charge on any atom is 0.0961 e. The second kappa shape index (κ2) is 3.18. The summed E-state index contributed by atoms with van der Waals surface area (Å²) in [5.41, 5.74) is 7.79. The molecule has 0 saturated carbocycles. The van der Waals surface area contributed by atoms with E-state index in [2.05, 4.69) is 22.5 Å². The van der Waals surface area contributed by atoms with Crippen molar-refractivity contribution >= 4 is 11.0 Å². The van der Waals surface area contributed by atoms with Gasteiger partial charge in [0.2, 0.25) is 0 Å². The van der Waals surface area contributed by atoms with Crippen LogP contribution in [0.15, 0.2) is 30.6 Å². The SMILES string of the molecule is CC(CN)n1cnc2ccccc21. The van der Waals surface area contributed by atoms with Crippen molar-refractivity contribution in [3.63, 3.8) is 0 Å². The molecular formula is C10H13N3. The highest BCUT2D eigenvalue weighted by molar-refractivity contribution is 5.75. The molecule has 1 aromatic heterocycles. The number of imidazole rings is 1. The van der Waals surface area contributed by atoms with Crippen LogP contribution >= 0.6 is 0 Å². The summed E-state index contributed by atoms with van der Waals surface area (Å²) in [5, 5.41) is 0. The molecule has 2 N–H and O–H groups in total. The van der Waals surface area contributed by atoms with Gasteiger partial charge in [0.05, 0.1) is 17.4 Å². The van der Waals surface area contributed by atoms with Crippen LogP contribution in [0.4, 0.5) is 0 Å². The molecule has 0 bridgehead atoms. The van der Waals surface area contributed by atoms with E-state index in [9.17, 15) is 0 Å². The summed E-state index contributed by atoms with van der Waals surface area (Å²) in [6.45, 7) is 2.73. The highest BCUT2D eigenvalue weighted by Gasteiger charge is 2.05. The monoisotopic (exact) mass is 175 g/mol. The van der Waals surface area contributed by atoms with Gasteiger partial charge in [-0.05, 0) is 19.1 Å². The summed E-state index contributed by atoms with van der Waals surface area (Å²) in [6.07, 6.45) is 1.85. The highest BCUT2D eigenvalue weighted by atomic mass is 15.1. The fourth-order valence-corrected chi connectivity index (χ4v) is 1.44. The van der Waals surface area contributed by atoms with Crippen molar-refractivity contribution in [2.45, 2.75) is 13.0 Å². The fraction of sp³-hybridized carbons (Fsp3) is 0.300. The van der Waals surface area contributed by atoms with Gasteiger partial charge in [0, 0.05) is 12.6 Å². The standard InChI is InChI=1S/C10H13N3/c1-8(6-11)13-7-12-9-4-2-3-5-10(9)13/h2-5,7-8H,6,11H2,1H3. The van der Waals surface area contributed by atoms with Gasteiger partial charge in [-0.1, -0.05) is 12.1 Å². The minimum Gasteiger partial charge on any atom is -0.328 e. The normalized spacial score (nSPS) is 13.4. The Morgan fingerprint density at radius 3 is 3.00 bits per heavy atom. The maximum absolute atomic E-state index is 5.61. The molecule has 3 heteroatoms. The van der Waals surface area contributed by atoms with Crippen LogP contribution in [-0.4, -0.2) is 16.1 Å². The molecule has 1 atom stereocenters. The zero-order valence-electron chi connectivity index (χ0n) is 7.64. The Hall–Kier alpha value is -1.35. The van der Waals surface area contributed by atoms with E-state index in [1.807, 2.05) is 24.5 Å². The van der Waals surface area contributed by atoms with Crippen LogP contribution in [0.1, 0.15) is 13.0 Å². The molecular weight excluding hydrogens is 162 g/mol. The summed E-state index contributed by atoms with van der Waals surface area (Å²) in [7, 11) is 0. The first-order valence-electron chi connectivity index (χ1n) is 4.44. The minimum absolute atomic E-state index is 0.312. The van der Waals surface area contributed by atoms with Gasteiger partial charge in [0.25, 0.3) is 0 Å². The predicted octanol–water partition coefficient (Wildman–Crippen LogP) is 1.56. The van der Waals surface area contributed by atoms with Gasteiger partial charge >= 0.3 is 0 Å². The third-order valence-corrected chi connectivity index (χ3v) is 2.30. The molecule has 0 aliphatic rings. The molecule has 0 amide bonds. The summed E-state index contributed by atoms with van der Waals surface area (Å²) < 4.78 is 2.11. The summed E-state index contributed by atoms with van der Waals surface area (Å²) >= 11 is 0. The second-order valence-corrected chi connectivity index (χ2v) is 3.23. The predicted molar refractivity (Wildman–Crippen MR) is 53.5 cm³/mol. The second-order valence-electron chi connectivity index (χ2n) is 3.23. The molecule has 0 radical (unpaired) electrons. The van der Waals surface area contributed by atoms with Gasteiger partial charge in [-0.3, -0.25) is 0 Å². The minimum atomic E-state index is 0.312. The lowest BCUT2D eigenvalue weighted by atomic mass is 10.3. The van der Waals surface area contributed by atoms with Crippen LogP contribution in [0, 0.1) is 0 Å². The number of nitrogens with two attached hydrogens (primary N) is 1. The zero-order chi connectivity index (χ0) is 9.26. The Morgan fingerprint density at radius 2 is 2.23 bits per heavy atom. The van der Waals surface area contributed by atoms with Gasteiger partial charge in [0.1, 0.15) is 0 Å². The number of aromatic nitrogens is 2. The summed E-state index contributed by atoms with van der Waals surface area (Å²) in [6, 6.07) is 8.40. The number of hydrogen-bond donors (Lipinski definition) is 1. The summed E-state index contributed by atoms with van der Waals surface area (Å²) in [5.74, 6) is 0. The van der Waals surface area contributed by atoms with Crippen LogP contribution in [-0.2, 0) is 0 Å². The molecule has 1 aromatic carbocycles. The van der Waals surface area contributed by atoms with E-state index in [1.165, 1.54) is 0 Å². The van der Waals surface area contributed by atoms with E-state index < -0.39 is 0 Å². The molecule has 0 aliphatic heterocycles. The van der Waals surface area contributed by atoms with E-state index >= 15 is 0 Å². The van der Waals surface area contributed by atoms with Crippen molar-refractivity contribution in [1.29, 1.82) is 0 Å². The van der Waals surface area contributed by atoms with E-state index in [4.69, 9.17) is 5.73 Å². The average Bonchev–Trinajstić information content (AvgIpc) is 2.60. The van der Waals surface area contributed by atoms with Crippen LogP contribution in [0.3, 0.4) is 0 Å². The Morgan fingerprint density at radius 1 is 1.46 bits per heavy atom. The summed E-state index contributed by atoms with van der Waals surface area (Å²) in [4.78, 5) is 4.30. The number of para-hydroxylation sites is 2. The zero-order valence-corrected chi connectivity index (χ0v) is 7.64. The Bertz CT molecular complexity index is 405. The van der Waals surface area contributed by atoms with Gasteiger partial charge in [0.15, 0.2) is 0 Å². The van der Waals surface area contributed by atoms with Crippen molar-refractivity contribution in [3.05, 3.63) is 30.6 Å². The van der Waals surface area contributed by atoms with Crippen LogP contribution in [0.2, 0.25) is 0 Å². The van der Waals surface area contributed by atoms with Gasteiger partial charge in [-0.15, -0.1) is 0 Å². The van der Waals surface area contributed by atoms with Gasteiger partial charge in [-0.2, -0.15) is 0 Å². The van der Waals surface area contributed by atoms with Crippen molar-refractivity contribution in [2.24, 2.45) is 5.73 Å². The van der Waals surface area contributed by atoms with Crippen molar-refractivity contribution in [1.82, 2.24) is 9.55 Å². The number of rotatable bonds is 2. The van der Waals surface area contributed by atoms with Crippen LogP contribution in [0.5, 0.6) is 0 Å². The lowest BCUT2D eigenvalue weighted by Gasteiger charge is -2.10. The van der Waals surface area contributed by atoms with Crippen molar-refractivity contribution < 1.29 is 0 Å². The number of benzene rings is 1. The van der Waals surface area contributed by atoms with Gasteiger partial charge in [-0.25, -0.2) is 4.98 Å². The largest absolute Gasteiger partial charge is 0.328 e. The number of nitrogens with zero attached hydrogens (tertiary/aromatic N) is 2. The molecule has 2 aromatic rings. The number of fused-ring (bicyclic) bond motifs is 1. The smallest absolute Gasteiger partial charge is 0.0961 e. The molecule has 1 unspecified atom stereocenters. The molecule has 1 heterocycles. The Kier molecular flexibility index (Phi) is 2.02. The van der Waals surface area contributed by atoms with Gasteiger partial charge < -0.3 is 10.3 Å². The van der Waals surface area contributed by atoms with E-state index in [0.717, 1.165) is 11.0 Å². The molecule has 0 aliphatic carbocycles. The van der Waals surface area contributed by atoms with Crippen LogP contribution in [0.25, 0.3) is 11.0 Å². The van der Waals surface area contributed by atoms with Crippen LogP contribution < -0.4 is 5.73 Å². The van der Waals surface area contributed by atoms with Crippen molar-refractivity contribution in [3.8, 4) is 0 Å². The first-order chi connectivity index (χ1) is 6.33.